The number of nitrogens with zero attached hydrogens (tertiary/aromatic N) is 2. The Hall–Kier alpha value is -2.05. The van der Waals surface area contributed by atoms with Crippen LogP contribution in [-0.4, -0.2) is 49.9 Å². The number of hydrogen-bond acceptors (Lipinski definition) is 6. The van der Waals surface area contributed by atoms with E-state index in [-0.39, 0.29) is 11.8 Å². The maximum atomic E-state index is 11.9. The van der Waals surface area contributed by atoms with Gasteiger partial charge in [-0.25, -0.2) is 4.79 Å². The molecule has 116 valence electrons. The minimum absolute atomic E-state index is 0.116. The van der Waals surface area contributed by atoms with Crippen LogP contribution < -0.4 is 20.5 Å². The van der Waals surface area contributed by atoms with Gasteiger partial charge in [0.1, 0.15) is 11.3 Å². The summed E-state index contributed by atoms with van der Waals surface area (Å²) >= 11 is 0. The van der Waals surface area contributed by atoms with Crippen molar-refractivity contribution in [2.75, 3.05) is 38.2 Å². The van der Waals surface area contributed by atoms with Crippen molar-refractivity contribution in [2.24, 2.45) is 0 Å². The van der Waals surface area contributed by atoms with E-state index in [1.807, 2.05) is 20.8 Å². The van der Waals surface area contributed by atoms with Gasteiger partial charge in [0.15, 0.2) is 5.75 Å². The molecule has 0 radical (unpaired) electrons. The number of ether oxygens (including phenoxy) is 2. The van der Waals surface area contributed by atoms with E-state index in [9.17, 15) is 14.4 Å². The predicted octanol–water partition coefficient (Wildman–Crippen LogP) is 0.348. The summed E-state index contributed by atoms with van der Waals surface area (Å²) in [7, 11) is 1.37. The van der Waals surface area contributed by atoms with Crippen LogP contribution in [-0.2, 0) is 4.74 Å². The molecule has 0 aliphatic carbocycles. The second-order valence-corrected chi connectivity index (χ2v) is 5.99. The van der Waals surface area contributed by atoms with Gasteiger partial charge in [-0.2, -0.15) is 0 Å². The normalized spacial score (nSPS) is 16.2. The molecule has 7 heteroatoms. The van der Waals surface area contributed by atoms with Crippen LogP contribution in [0.3, 0.4) is 0 Å². The monoisotopic (exact) mass is 296 g/mol. The minimum Gasteiger partial charge on any atom is -0.491 e. The summed E-state index contributed by atoms with van der Waals surface area (Å²) in [6.07, 6.45) is -0.362. The predicted molar refractivity (Wildman–Crippen MR) is 77.9 cm³/mol. The van der Waals surface area contributed by atoms with E-state index in [1.54, 1.807) is 9.80 Å². The van der Waals surface area contributed by atoms with E-state index in [1.165, 1.54) is 7.11 Å². The standard InChI is InChI=1S/C14H20N2O5/c1-14(2,3)21-13(19)16-7-5-15(6-8-16)9-10(17)11(18)12(9)20-4/h5-8H2,1-4H3. The number of rotatable bonds is 2. The summed E-state index contributed by atoms with van der Waals surface area (Å²) in [5, 5.41) is 0. The topological polar surface area (TPSA) is 76.2 Å². The SMILES string of the molecule is COc1c(N2CCN(C(=O)OC(C)(C)C)CC2)c(=O)c1=O. The number of hydrogen-bond donors (Lipinski definition) is 0. The van der Waals surface area contributed by atoms with Crippen LogP contribution in [0.2, 0.25) is 0 Å². The molecule has 1 saturated heterocycles. The van der Waals surface area contributed by atoms with Gasteiger partial charge in [-0.15, -0.1) is 0 Å². The fourth-order valence-electron chi connectivity index (χ4n) is 2.27. The molecule has 0 unspecified atom stereocenters. The van der Waals surface area contributed by atoms with E-state index in [0.29, 0.717) is 31.9 Å². The molecule has 1 aromatic carbocycles. The smallest absolute Gasteiger partial charge is 0.410 e. The number of anilines is 1. The third-order valence-corrected chi connectivity index (χ3v) is 3.29. The first kappa shape index (κ1) is 15.3. The average molecular weight is 296 g/mol. The van der Waals surface area contributed by atoms with Crippen LogP contribution >= 0.6 is 0 Å². The Labute approximate surface area is 122 Å². The highest BCUT2D eigenvalue weighted by atomic mass is 16.6. The van der Waals surface area contributed by atoms with Gasteiger partial charge in [0.05, 0.1) is 7.11 Å². The minimum atomic E-state index is -0.581. The molecule has 1 heterocycles. The summed E-state index contributed by atoms with van der Waals surface area (Å²) in [5.41, 5.74) is -1.30. The van der Waals surface area contributed by atoms with Crippen molar-refractivity contribution < 1.29 is 14.3 Å². The highest BCUT2D eigenvalue weighted by Crippen LogP contribution is 2.23. The molecular weight excluding hydrogens is 276 g/mol. The molecule has 1 amide bonds. The van der Waals surface area contributed by atoms with Crippen molar-refractivity contribution >= 4 is 11.8 Å². The zero-order valence-electron chi connectivity index (χ0n) is 12.8. The lowest BCUT2D eigenvalue weighted by molar-refractivity contribution is 0.0240. The van der Waals surface area contributed by atoms with Crippen LogP contribution in [0.1, 0.15) is 20.8 Å². The molecule has 0 bridgehead atoms. The molecule has 0 saturated carbocycles. The summed E-state index contributed by atoms with van der Waals surface area (Å²) in [6, 6.07) is 0. The first-order chi connectivity index (χ1) is 9.74. The highest BCUT2D eigenvalue weighted by Gasteiger charge is 2.31. The number of piperazine rings is 1. The molecule has 0 aromatic heterocycles. The second kappa shape index (κ2) is 5.38. The van der Waals surface area contributed by atoms with Crippen molar-refractivity contribution in [3.8, 4) is 5.75 Å². The Balaban J connectivity index is 1.98. The van der Waals surface area contributed by atoms with Gasteiger partial charge in [-0.05, 0) is 20.8 Å². The van der Waals surface area contributed by atoms with Crippen LogP contribution in [0.5, 0.6) is 5.75 Å². The number of carbonyl (C=O) groups is 1. The Bertz CT molecular complexity index is 602. The first-order valence-corrected chi connectivity index (χ1v) is 6.85. The Morgan fingerprint density at radius 3 is 2.10 bits per heavy atom. The summed E-state index contributed by atoms with van der Waals surface area (Å²) in [5.74, 6) is 0.116. The molecule has 0 atom stereocenters. The summed E-state index contributed by atoms with van der Waals surface area (Å²) in [6.45, 7) is 7.27. The third kappa shape index (κ3) is 3.01. The van der Waals surface area contributed by atoms with E-state index in [4.69, 9.17) is 9.47 Å². The van der Waals surface area contributed by atoms with Gasteiger partial charge in [0.2, 0.25) is 0 Å². The zero-order chi connectivity index (χ0) is 15.8. The van der Waals surface area contributed by atoms with Crippen LogP contribution in [0.25, 0.3) is 0 Å². The van der Waals surface area contributed by atoms with E-state index in [0.717, 1.165) is 0 Å². The van der Waals surface area contributed by atoms with Gasteiger partial charge in [0, 0.05) is 26.2 Å². The quantitative estimate of drug-likeness (QED) is 0.733. The van der Waals surface area contributed by atoms with Crippen molar-refractivity contribution in [1.82, 2.24) is 4.90 Å². The fourth-order valence-corrected chi connectivity index (χ4v) is 2.27. The molecule has 1 aliphatic heterocycles. The zero-order valence-corrected chi connectivity index (χ0v) is 12.8. The maximum absolute atomic E-state index is 11.9. The van der Waals surface area contributed by atoms with Gasteiger partial charge in [-0.3, -0.25) is 9.59 Å². The molecule has 1 aliphatic rings. The highest BCUT2D eigenvalue weighted by molar-refractivity contribution is 5.69. The lowest BCUT2D eigenvalue weighted by Crippen LogP contribution is -2.53. The van der Waals surface area contributed by atoms with Gasteiger partial charge >= 0.3 is 6.09 Å². The number of methoxy groups -OCH3 is 1. The maximum Gasteiger partial charge on any atom is 0.410 e. The molecule has 2 rings (SSSR count). The fraction of sp³-hybridized carbons (Fsp3) is 0.643. The molecule has 0 spiro atoms. The van der Waals surface area contributed by atoms with Gasteiger partial charge < -0.3 is 19.3 Å². The second-order valence-electron chi connectivity index (χ2n) is 5.99. The van der Waals surface area contributed by atoms with Crippen molar-refractivity contribution in [2.45, 2.75) is 26.4 Å². The van der Waals surface area contributed by atoms with Gasteiger partial charge in [0.25, 0.3) is 10.9 Å². The Morgan fingerprint density at radius 2 is 1.62 bits per heavy atom. The van der Waals surface area contributed by atoms with Gasteiger partial charge in [-0.1, -0.05) is 0 Å². The first-order valence-electron chi connectivity index (χ1n) is 6.85. The largest absolute Gasteiger partial charge is 0.491 e. The molecular formula is C14H20N2O5. The van der Waals surface area contributed by atoms with Crippen molar-refractivity contribution in [3.63, 3.8) is 0 Å². The van der Waals surface area contributed by atoms with E-state index < -0.39 is 16.5 Å². The average Bonchev–Trinajstić information content (AvgIpc) is 2.41. The van der Waals surface area contributed by atoms with Crippen LogP contribution in [0, 0.1) is 0 Å². The number of amides is 1. The molecule has 1 aromatic rings. The summed E-state index contributed by atoms with van der Waals surface area (Å²) in [4.78, 5) is 38.2. The van der Waals surface area contributed by atoms with Crippen LogP contribution in [0.15, 0.2) is 9.59 Å². The lowest BCUT2D eigenvalue weighted by Gasteiger charge is -2.37. The Kier molecular flexibility index (Phi) is 3.93. The van der Waals surface area contributed by atoms with E-state index >= 15 is 0 Å². The molecule has 21 heavy (non-hydrogen) atoms. The number of carbonyl (C=O) groups excluding carboxylic acids is 1. The summed E-state index contributed by atoms with van der Waals surface area (Å²) < 4.78 is 10.2. The van der Waals surface area contributed by atoms with Crippen LogP contribution in [0.4, 0.5) is 10.5 Å². The third-order valence-electron chi connectivity index (χ3n) is 3.29. The van der Waals surface area contributed by atoms with Crippen molar-refractivity contribution in [3.05, 3.63) is 20.4 Å². The molecule has 0 N–H and O–H groups in total. The molecule has 7 nitrogen and oxygen atoms in total. The van der Waals surface area contributed by atoms with Crippen molar-refractivity contribution in [1.29, 1.82) is 0 Å². The molecule has 1 fully saturated rings. The lowest BCUT2D eigenvalue weighted by atomic mass is 10.1. The Morgan fingerprint density at radius 1 is 1.05 bits per heavy atom. The van der Waals surface area contributed by atoms with E-state index in [2.05, 4.69) is 0 Å².